The smallest absolute Gasteiger partial charge is 0.338 e. The first-order valence-corrected chi connectivity index (χ1v) is 9.01. The fourth-order valence-electron chi connectivity index (χ4n) is 2.63. The van der Waals surface area contributed by atoms with E-state index < -0.39 is 11.9 Å². The molecule has 3 aromatic carbocycles. The fourth-order valence-corrected chi connectivity index (χ4v) is 2.63. The summed E-state index contributed by atoms with van der Waals surface area (Å²) in [4.78, 5) is 33.1. The second-order valence-electron chi connectivity index (χ2n) is 6.25. The number of carbonyl (C=O) groups excluding carboxylic acids is 2. The molecule has 0 radical (unpaired) electrons. The van der Waals surface area contributed by atoms with E-state index in [1.165, 1.54) is 6.07 Å². The predicted octanol–water partition coefficient (Wildman–Crippen LogP) is 3.65. The lowest BCUT2D eigenvalue weighted by Crippen LogP contribution is -2.12. The third kappa shape index (κ3) is 5.96. The van der Waals surface area contributed by atoms with Crippen LogP contribution >= 0.6 is 0 Å². The molecule has 30 heavy (non-hydrogen) atoms. The van der Waals surface area contributed by atoms with Crippen molar-refractivity contribution < 1.29 is 29.3 Å². The van der Waals surface area contributed by atoms with Gasteiger partial charge in [-0.05, 0) is 54.8 Å². The Labute approximate surface area is 172 Å². The molecule has 0 saturated heterocycles. The number of nitrogen functional groups attached to an aromatic ring is 1. The van der Waals surface area contributed by atoms with E-state index in [0.29, 0.717) is 27.7 Å². The first-order valence-electron chi connectivity index (χ1n) is 9.01. The Morgan fingerprint density at radius 3 is 2.37 bits per heavy atom. The van der Waals surface area contributed by atoms with Gasteiger partial charge in [0.2, 0.25) is 0 Å². The van der Waals surface area contributed by atoms with Crippen molar-refractivity contribution in [3.63, 3.8) is 0 Å². The average Bonchev–Trinajstić information content (AvgIpc) is 2.68. The van der Waals surface area contributed by atoms with Gasteiger partial charge in [0.15, 0.2) is 0 Å². The minimum Gasteiger partial charge on any atom is -0.507 e. The van der Waals surface area contributed by atoms with Gasteiger partial charge in [0.25, 0.3) is 11.9 Å². The van der Waals surface area contributed by atoms with Crippen molar-refractivity contribution in [3.05, 3.63) is 65.7 Å². The number of phenols is 1. The molecule has 5 N–H and O–H groups in total. The van der Waals surface area contributed by atoms with Crippen molar-refractivity contribution in [1.82, 2.24) is 0 Å². The fraction of sp³-hybridized carbons (Fsp3) is 0.136. The second-order valence-corrected chi connectivity index (χ2v) is 6.25. The SMILES string of the molecule is CC(=O)O.CCOC(=O)c1cc(O)c2cc(NC(=O)c3cccc(N)c3)ccc2c1. The number of phenolic OH excluding ortho intramolecular Hbond substituents is 1. The number of aliphatic carboxylic acids is 1. The molecule has 0 bridgehead atoms. The van der Waals surface area contributed by atoms with Crippen molar-refractivity contribution in [3.8, 4) is 5.75 Å². The van der Waals surface area contributed by atoms with Crippen molar-refractivity contribution >= 4 is 40.0 Å². The van der Waals surface area contributed by atoms with Gasteiger partial charge >= 0.3 is 5.97 Å². The minimum absolute atomic E-state index is 0.0643. The van der Waals surface area contributed by atoms with Crippen LogP contribution in [0.4, 0.5) is 11.4 Å². The van der Waals surface area contributed by atoms with Crippen LogP contribution in [0.2, 0.25) is 0 Å². The molecule has 0 unspecified atom stereocenters. The molecule has 0 fully saturated rings. The van der Waals surface area contributed by atoms with Crippen molar-refractivity contribution in [1.29, 1.82) is 0 Å². The lowest BCUT2D eigenvalue weighted by Gasteiger charge is -2.10. The highest BCUT2D eigenvalue weighted by Gasteiger charge is 2.12. The molecular weight excluding hydrogens is 388 g/mol. The van der Waals surface area contributed by atoms with Crippen LogP contribution in [0, 0.1) is 0 Å². The van der Waals surface area contributed by atoms with E-state index in [1.807, 2.05) is 0 Å². The van der Waals surface area contributed by atoms with Gasteiger partial charge in [0.1, 0.15) is 5.75 Å². The predicted molar refractivity (Wildman–Crippen MR) is 114 cm³/mol. The molecule has 0 saturated carbocycles. The van der Waals surface area contributed by atoms with Gasteiger partial charge in [-0.25, -0.2) is 4.79 Å². The zero-order valence-electron chi connectivity index (χ0n) is 16.5. The number of rotatable bonds is 4. The summed E-state index contributed by atoms with van der Waals surface area (Å²) in [6, 6.07) is 14.7. The summed E-state index contributed by atoms with van der Waals surface area (Å²) in [5, 5.41) is 21.6. The lowest BCUT2D eigenvalue weighted by molar-refractivity contribution is -0.134. The van der Waals surface area contributed by atoms with Crippen LogP contribution in [-0.2, 0) is 9.53 Å². The molecular formula is C22H22N2O6. The summed E-state index contributed by atoms with van der Waals surface area (Å²) < 4.78 is 4.95. The summed E-state index contributed by atoms with van der Waals surface area (Å²) >= 11 is 0. The number of carboxylic acids is 1. The van der Waals surface area contributed by atoms with Gasteiger partial charge in [-0.1, -0.05) is 12.1 Å². The molecule has 0 heterocycles. The second kappa shape index (κ2) is 9.92. The number of nitrogens with two attached hydrogens (primary N) is 1. The third-order valence-electron chi connectivity index (χ3n) is 3.85. The first kappa shape index (κ1) is 22.2. The number of hydrogen-bond acceptors (Lipinski definition) is 6. The highest BCUT2D eigenvalue weighted by Crippen LogP contribution is 2.29. The van der Waals surface area contributed by atoms with Gasteiger partial charge in [0, 0.05) is 29.2 Å². The number of hydrogen-bond donors (Lipinski definition) is 4. The van der Waals surface area contributed by atoms with Crippen LogP contribution in [0.25, 0.3) is 10.8 Å². The van der Waals surface area contributed by atoms with Crippen LogP contribution in [0.5, 0.6) is 5.75 Å². The third-order valence-corrected chi connectivity index (χ3v) is 3.85. The van der Waals surface area contributed by atoms with Gasteiger partial charge in [-0.3, -0.25) is 9.59 Å². The molecule has 0 spiro atoms. The maximum absolute atomic E-state index is 12.3. The average molecular weight is 410 g/mol. The Morgan fingerprint density at radius 2 is 1.73 bits per heavy atom. The molecule has 8 nitrogen and oxygen atoms in total. The number of aromatic hydroxyl groups is 1. The number of fused-ring (bicyclic) bond motifs is 1. The zero-order valence-corrected chi connectivity index (χ0v) is 16.5. The molecule has 156 valence electrons. The van der Waals surface area contributed by atoms with Gasteiger partial charge in [-0.15, -0.1) is 0 Å². The van der Waals surface area contributed by atoms with Crippen molar-refractivity contribution in [2.24, 2.45) is 0 Å². The van der Waals surface area contributed by atoms with Gasteiger partial charge < -0.3 is 26.0 Å². The number of nitrogens with one attached hydrogen (secondary N) is 1. The minimum atomic E-state index is -0.833. The zero-order chi connectivity index (χ0) is 22.3. The molecule has 3 rings (SSSR count). The Balaban J connectivity index is 0.000000735. The van der Waals surface area contributed by atoms with Crippen molar-refractivity contribution in [2.45, 2.75) is 13.8 Å². The Bertz CT molecular complexity index is 1090. The monoisotopic (exact) mass is 410 g/mol. The standard InChI is InChI=1S/C20H18N2O4.C2H4O2/c1-2-26-20(25)14-8-12-6-7-16(11-17(12)18(23)10-14)22-19(24)13-4-3-5-15(21)9-13;1-2(3)4/h3-11,23H,2,21H2,1H3,(H,22,24);1H3,(H,3,4). The van der Waals surface area contributed by atoms with E-state index in [2.05, 4.69) is 5.32 Å². The molecule has 0 aliphatic rings. The normalized spacial score (nSPS) is 9.93. The van der Waals surface area contributed by atoms with E-state index >= 15 is 0 Å². The van der Waals surface area contributed by atoms with Crippen LogP contribution in [0.1, 0.15) is 34.6 Å². The number of ether oxygens (including phenoxy) is 1. The largest absolute Gasteiger partial charge is 0.507 e. The van der Waals surface area contributed by atoms with Crippen LogP contribution in [0.3, 0.4) is 0 Å². The van der Waals surface area contributed by atoms with E-state index in [1.54, 1.807) is 55.5 Å². The maximum atomic E-state index is 12.3. The number of amides is 1. The molecule has 0 atom stereocenters. The lowest BCUT2D eigenvalue weighted by atomic mass is 10.0. The Kier molecular flexibility index (Phi) is 7.35. The highest BCUT2D eigenvalue weighted by atomic mass is 16.5. The summed E-state index contributed by atoms with van der Waals surface area (Å²) in [6.07, 6.45) is 0. The van der Waals surface area contributed by atoms with E-state index in [-0.39, 0.29) is 23.8 Å². The van der Waals surface area contributed by atoms with Crippen LogP contribution < -0.4 is 11.1 Å². The van der Waals surface area contributed by atoms with Crippen molar-refractivity contribution in [2.75, 3.05) is 17.7 Å². The molecule has 0 aliphatic heterocycles. The summed E-state index contributed by atoms with van der Waals surface area (Å²) in [6.45, 7) is 3.06. The van der Waals surface area contributed by atoms with Crippen LogP contribution in [-0.4, -0.2) is 34.7 Å². The molecule has 3 aromatic rings. The summed E-state index contributed by atoms with van der Waals surface area (Å²) in [5.74, 6) is -1.70. The Morgan fingerprint density at radius 1 is 1.03 bits per heavy atom. The molecule has 8 heteroatoms. The van der Waals surface area contributed by atoms with Gasteiger partial charge in [0.05, 0.1) is 12.2 Å². The first-order chi connectivity index (χ1) is 14.2. The topological polar surface area (TPSA) is 139 Å². The molecule has 0 aromatic heterocycles. The number of anilines is 2. The molecule has 0 aliphatic carbocycles. The Hall–Kier alpha value is -4.07. The quantitative estimate of drug-likeness (QED) is 0.380. The number of carbonyl (C=O) groups is 3. The van der Waals surface area contributed by atoms with Gasteiger partial charge in [-0.2, -0.15) is 0 Å². The van der Waals surface area contributed by atoms with E-state index in [9.17, 15) is 14.7 Å². The number of esters is 1. The maximum Gasteiger partial charge on any atom is 0.338 e. The molecule has 1 amide bonds. The summed E-state index contributed by atoms with van der Waals surface area (Å²) in [5.41, 5.74) is 7.42. The van der Waals surface area contributed by atoms with E-state index in [0.717, 1.165) is 6.92 Å². The summed E-state index contributed by atoms with van der Waals surface area (Å²) in [7, 11) is 0. The number of carboxylic acid groups (broad SMARTS) is 1. The van der Waals surface area contributed by atoms with Crippen LogP contribution in [0.15, 0.2) is 54.6 Å². The van der Waals surface area contributed by atoms with E-state index in [4.69, 9.17) is 20.4 Å². The highest BCUT2D eigenvalue weighted by molar-refractivity contribution is 6.06. The number of benzene rings is 3.